The van der Waals surface area contributed by atoms with Crippen LogP contribution in [0.2, 0.25) is 0 Å². The van der Waals surface area contributed by atoms with Gasteiger partial charge in [0, 0.05) is 29.9 Å². The minimum atomic E-state index is -4.71. The van der Waals surface area contributed by atoms with Crippen LogP contribution < -0.4 is 79.9 Å². The molecule has 0 fully saturated rings. The van der Waals surface area contributed by atoms with Crippen molar-refractivity contribution in [2.75, 3.05) is 35.7 Å². The Morgan fingerprint density at radius 3 is 2.20 bits per heavy atom. The molecular formula is C27H26N6Na2O7S2. The van der Waals surface area contributed by atoms with Crippen LogP contribution in [0.4, 0.5) is 29.2 Å². The zero-order valence-corrected chi connectivity index (χ0v) is 30.1. The molecule has 220 valence electrons. The number of likely N-dealkylation sites (N-methyl/N-ethyl adjacent to an activating group) is 1. The second-order valence-corrected chi connectivity index (χ2v) is 10.9. The third-order valence-electron chi connectivity index (χ3n) is 5.73. The fourth-order valence-electron chi connectivity index (χ4n) is 3.72. The number of aromatic nitrogens is 3. The van der Waals surface area contributed by atoms with Gasteiger partial charge < -0.3 is 30.4 Å². The third-order valence-corrected chi connectivity index (χ3v) is 7.28. The van der Waals surface area contributed by atoms with Crippen molar-refractivity contribution in [3.05, 3.63) is 83.4 Å². The van der Waals surface area contributed by atoms with Gasteiger partial charge in [0.2, 0.25) is 17.8 Å². The van der Waals surface area contributed by atoms with Gasteiger partial charge in [0.1, 0.15) is 10.1 Å². The van der Waals surface area contributed by atoms with E-state index in [1.54, 1.807) is 49.2 Å². The second-order valence-electron chi connectivity index (χ2n) is 8.84. The Labute approximate surface area is 303 Å². The molecule has 0 bridgehead atoms. The number of nitrogens with one attached hydrogen (secondary N) is 2. The van der Waals surface area contributed by atoms with Crippen molar-refractivity contribution in [1.29, 1.82) is 0 Å². The van der Waals surface area contributed by atoms with Crippen LogP contribution in [-0.4, -0.2) is 53.2 Å². The first-order valence-electron chi connectivity index (χ1n) is 12.4. The molecular weight excluding hydrogens is 630 g/mol. The number of para-hydroxylation sites is 1. The van der Waals surface area contributed by atoms with Crippen molar-refractivity contribution in [2.45, 2.75) is 16.7 Å². The Kier molecular flexibility index (Phi) is 15.7. The molecule has 17 heteroatoms. The molecule has 0 amide bonds. The SMILES string of the molecule is Cc1ccc(/C=C/c2ccc(Nc3nc(Nc4ccccc4)nc(N(C)CCO)n3)cc2SOO[O-])c(S(=O)(=O)[O-])c1.[Na+].[Na+]. The molecule has 0 saturated carbocycles. The summed E-state index contributed by atoms with van der Waals surface area (Å²) in [6.07, 6.45) is 3.05. The summed E-state index contributed by atoms with van der Waals surface area (Å²) in [7, 11) is -2.98. The molecule has 0 radical (unpaired) electrons. The van der Waals surface area contributed by atoms with Gasteiger partial charge in [-0.1, -0.05) is 48.6 Å². The van der Waals surface area contributed by atoms with Crippen LogP contribution in [0, 0.1) is 6.92 Å². The van der Waals surface area contributed by atoms with Gasteiger partial charge in [-0.3, -0.25) is 5.04 Å². The summed E-state index contributed by atoms with van der Waals surface area (Å²) in [5.41, 5.74) is 2.63. The van der Waals surface area contributed by atoms with Crippen molar-refractivity contribution in [2.24, 2.45) is 0 Å². The van der Waals surface area contributed by atoms with Gasteiger partial charge in [-0.25, -0.2) is 8.42 Å². The van der Waals surface area contributed by atoms with Crippen LogP contribution >= 0.6 is 12.0 Å². The van der Waals surface area contributed by atoms with E-state index in [-0.39, 0.29) is 88.1 Å². The molecule has 3 N–H and O–H groups in total. The predicted octanol–water partition coefficient (Wildman–Crippen LogP) is -2.59. The predicted molar refractivity (Wildman–Crippen MR) is 156 cm³/mol. The molecule has 0 aliphatic carbocycles. The summed E-state index contributed by atoms with van der Waals surface area (Å²) in [5, 5.41) is 29.7. The molecule has 1 aromatic heterocycles. The smallest absolute Gasteiger partial charge is 0.744 e. The average Bonchev–Trinajstić information content (AvgIpc) is 2.96. The molecule has 0 spiro atoms. The van der Waals surface area contributed by atoms with Gasteiger partial charge in [-0.2, -0.15) is 19.3 Å². The van der Waals surface area contributed by atoms with Gasteiger partial charge in [0.05, 0.1) is 23.5 Å². The van der Waals surface area contributed by atoms with Crippen LogP contribution in [0.15, 0.2) is 76.5 Å². The Morgan fingerprint density at radius 2 is 1.57 bits per heavy atom. The van der Waals surface area contributed by atoms with Crippen LogP contribution in [0.1, 0.15) is 16.7 Å². The maximum atomic E-state index is 11.8. The molecule has 1 heterocycles. The zero-order chi connectivity index (χ0) is 30.1. The van der Waals surface area contributed by atoms with Gasteiger partial charge in [-0.05, 0) is 53.9 Å². The van der Waals surface area contributed by atoms with Gasteiger partial charge in [0.15, 0.2) is 0 Å². The fourth-order valence-corrected chi connectivity index (χ4v) is 4.99. The van der Waals surface area contributed by atoms with E-state index < -0.39 is 10.1 Å². The quantitative estimate of drug-likeness (QED) is 0.0340. The van der Waals surface area contributed by atoms with E-state index in [0.717, 1.165) is 5.69 Å². The number of aliphatic hydroxyl groups excluding tert-OH is 1. The number of anilines is 5. The number of rotatable bonds is 13. The monoisotopic (exact) mass is 656 g/mol. The van der Waals surface area contributed by atoms with Crippen molar-refractivity contribution in [3.63, 3.8) is 0 Å². The van der Waals surface area contributed by atoms with E-state index in [0.29, 0.717) is 46.2 Å². The number of nitrogens with zero attached hydrogens (tertiary/aromatic N) is 4. The number of aryl methyl sites for hydroxylation is 1. The van der Waals surface area contributed by atoms with Crippen molar-refractivity contribution in [3.8, 4) is 0 Å². The summed E-state index contributed by atoms with van der Waals surface area (Å²) in [5.74, 6) is 0.755. The normalized spacial score (nSPS) is 11.0. The third kappa shape index (κ3) is 11.1. The molecule has 4 rings (SSSR count). The Morgan fingerprint density at radius 1 is 0.932 bits per heavy atom. The fraction of sp³-hybridized carbons (Fsp3) is 0.148. The first kappa shape index (κ1) is 38.1. The van der Waals surface area contributed by atoms with Gasteiger partial charge >= 0.3 is 59.1 Å². The number of hydrogen-bond donors (Lipinski definition) is 3. The largest absolute Gasteiger partial charge is 1.00 e. The number of hydrogen-bond acceptors (Lipinski definition) is 14. The van der Waals surface area contributed by atoms with Crippen LogP contribution in [0.3, 0.4) is 0 Å². The topological polar surface area (TPSA) is 185 Å². The molecule has 0 atom stereocenters. The maximum absolute atomic E-state index is 11.8. The van der Waals surface area contributed by atoms with Crippen LogP contribution in [-0.2, 0) is 19.5 Å². The minimum Gasteiger partial charge on any atom is -0.744 e. The Balaban J connectivity index is 0.00000337. The Hall–Kier alpha value is -2.09. The van der Waals surface area contributed by atoms with E-state index in [9.17, 15) is 23.3 Å². The summed E-state index contributed by atoms with van der Waals surface area (Å²) >= 11 is 0.631. The van der Waals surface area contributed by atoms with Crippen molar-refractivity contribution in [1.82, 2.24) is 15.0 Å². The molecule has 0 aliphatic heterocycles. The second kappa shape index (κ2) is 18.2. The summed E-state index contributed by atoms with van der Waals surface area (Å²) < 4.78 is 39.8. The molecule has 0 saturated heterocycles. The van der Waals surface area contributed by atoms with Crippen LogP contribution in [0.25, 0.3) is 12.2 Å². The standard InChI is InChI=1S/C27H28N6O7S2.2Na/c1-18-8-9-20(24(16-18)42(36,37)38)11-10-19-12-13-22(17-23(19)41-40-39-35)29-26-30-25(28-21-6-4-3-5-7-21)31-27(32-26)33(2)14-15-34;;/h3-13,16-17,34-35H,14-15H2,1-2H3,(H,36,37,38)(H2,28,29,30,31,32);;/q;2*+1/p-2/b11-10+;;. The van der Waals surface area contributed by atoms with Crippen molar-refractivity contribution >= 4 is 63.5 Å². The maximum Gasteiger partial charge on any atom is 1.00 e. The molecule has 4 aromatic rings. The van der Waals surface area contributed by atoms with E-state index in [1.165, 1.54) is 18.2 Å². The van der Waals surface area contributed by atoms with Crippen molar-refractivity contribution < 1.29 is 91.8 Å². The van der Waals surface area contributed by atoms with Gasteiger partial charge in [0.25, 0.3) is 0 Å². The molecule has 0 aliphatic rings. The molecule has 44 heavy (non-hydrogen) atoms. The minimum absolute atomic E-state index is 0. The van der Waals surface area contributed by atoms with Gasteiger partial charge in [-0.15, -0.1) is 0 Å². The average molecular weight is 657 g/mol. The van der Waals surface area contributed by atoms with Crippen LogP contribution in [0.5, 0.6) is 0 Å². The molecule has 0 unspecified atom stereocenters. The van der Waals surface area contributed by atoms with E-state index in [4.69, 9.17) is 0 Å². The first-order chi connectivity index (χ1) is 20.2. The summed E-state index contributed by atoms with van der Waals surface area (Å²) in [4.78, 5) is 15.1. The summed E-state index contributed by atoms with van der Waals surface area (Å²) in [6.45, 7) is 1.87. The first-order valence-corrected chi connectivity index (χ1v) is 14.5. The van der Waals surface area contributed by atoms with E-state index >= 15 is 0 Å². The zero-order valence-electron chi connectivity index (χ0n) is 24.4. The molecule has 3 aromatic carbocycles. The number of benzene rings is 3. The molecule has 13 nitrogen and oxygen atoms in total. The van der Waals surface area contributed by atoms with E-state index in [2.05, 4.69) is 35.0 Å². The summed E-state index contributed by atoms with van der Waals surface area (Å²) in [6, 6.07) is 18.9. The Bertz CT molecular complexity index is 1670. The number of aliphatic hydroxyl groups is 1. The van der Waals surface area contributed by atoms with E-state index in [1.807, 2.05) is 30.3 Å².